The van der Waals surface area contributed by atoms with Crippen LogP contribution in [0.1, 0.15) is 49.7 Å². The van der Waals surface area contributed by atoms with E-state index in [2.05, 4.69) is 0 Å². The predicted molar refractivity (Wildman–Crippen MR) is 119 cm³/mol. The van der Waals surface area contributed by atoms with Crippen molar-refractivity contribution in [3.63, 3.8) is 0 Å². The number of benzene rings is 2. The van der Waals surface area contributed by atoms with E-state index >= 15 is 0 Å². The Morgan fingerprint density at radius 3 is 2.44 bits per heavy atom. The highest BCUT2D eigenvalue weighted by Crippen LogP contribution is 2.45. The Labute approximate surface area is 192 Å². The zero-order chi connectivity index (χ0) is 22.9. The Kier molecular flexibility index (Phi) is 6.33. The van der Waals surface area contributed by atoms with Crippen molar-refractivity contribution in [3.05, 3.63) is 70.5 Å². The van der Waals surface area contributed by atoms with Crippen LogP contribution in [0.4, 0.5) is 4.39 Å². The minimum atomic E-state index is -1.31. The first-order valence-corrected chi connectivity index (χ1v) is 11.3. The summed E-state index contributed by atoms with van der Waals surface area (Å²) in [5.41, 5.74) is -0.0221. The maximum absolute atomic E-state index is 13.8. The van der Waals surface area contributed by atoms with Crippen LogP contribution in [0.3, 0.4) is 0 Å². The Balaban J connectivity index is 1.64. The molecule has 2 aliphatic rings. The molecule has 1 aliphatic heterocycles. The number of nitrogens with zero attached hydrogens (tertiary/aromatic N) is 2. The molecule has 0 spiro atoms. The number of halogens is 2. The van der Waals surface area contributed by atoms with Gasteiger partial charge in [0, 0.05) is 37.5 Å². The molecule has 1 aliphatic carbocycles. The van der Waals surface area contributed by atoms with E-state index < -0.39 is 5.41 Å². The molecule has 1 saturated heterocycles. The Hall–Kier alpha value is -2.73. The average Bonchev–Trinajstić information content (AvgIpc) is 3.37. The Morgan fingerprint density at radius 1 is 1.12 bits per heavy atom. The molecule has 7 heteroatoms. The second kappa shape index (κ2) is 9.02. The summed E-state index contributed by atoms with van der Waals surface area (Å²) in [4.78, 5) is 43.0. The average molecular weight is 457 g/mol. The summed E-state index contributed by atoms with van der Waals surface area (Å²) in [7, 11) is 1.64. The van der Waals surface area contributed by atoms with Gasteiger partial charge in [-0.2, -0.15) is 0 Å². The van der Waals surface area contributed by atoms with Gasteiger partial charge >= 0.3 is 0 Å². The predicted octanol–water partition coefficient (Wildman–Crippen LogP) is 4.47. The van der Waals surface area contributed by atoms with Crippen molar-refractivity contribution >= 4 is 29.3 Å². The van der Waals surface area contributed by atoms with Crippen molar-refractivity contribution in [2.45, 2.75) is 56.5 Å². The van der Waals surface area contributed by atoms with Gasteiger partial charge in [0.15, 0.2) is 0 Å². The molecule has 168 valence electrons. The third kappa shape index (κ3) is 4.16. The van der Waals surface area contributed by atoms with Crippen LogP contribution in [0.25, 0.3) is 0 Å². The second-order valence-corrected chi connectivity index (χ2v) is 9.21. The molecule has 0 bridgehead atoms. The van der Waals surface area contributed by atoms with Gasteiger partial charge in [-0.15, -0.1) is 0 Å². The van der Waals surface area contributed by atoms with Gasteiger partial charge in [-0.05, 0) is 42.2 Å². The first-order chi connectivity index (χ1) is 15.3. The molecule has 0 radical (unpaired) electrons. The standard InChI is InChI=1S/C25H26ClFN2O3/c1-28(16-17-10-12-18(27)13-11-17)22(30)14-25(20-8-4-5-9-21(20)26)15-23(31)29(24(25)32)19-6-2-3-7-19/h4-5,8-13,19H,2-3,6-7,14-16H2,1H3/t25-/m1/s1. The fraction of sp³-hybridized carbons (Fsp3) is 0.400. The van der Waals surface area contributed by atoms with E-state index in [0.717, 1.165) is 31.2 Å². The van der Waals surface area contributed by atoms with E-state index in [-0.39, 0.29) is 49.0 Å². The summed E-state index contributed by atoms with van der Waals surface area (Å²) in [5.74, 6) is -1.19. The minimum absolute atomic E-state index is 0.0673. The molecule has 0 aromatic heterocycles. The summed E-state index contributed by atoms with van der Waals surface area (Å²) in [6.07, 6.45) is 3.35. The van der Waals surface area contributed by atoms with E-state index in [1.807, 2.05) is 0 Å². The fourth-order valence-corrected chi connectivity index (χ4v) is 5.25. The lowest BCUT2D eigenvalue weighted by molar-refractivity contribution is -0.144. The van der Waals surface area contributed by atoms with Gasteiger partial charge in [-0.3, -0.25) is 19.3 Å². The van der Waals surface area contributed by atoms with E-state index in [1.165, 1.54) is 21.9 Å². The Morgan fingerprint density at radius 2 is 1.78 bits per heavy atom. The van der Waals surface area contributed by atoms with Crippen molar-refractivity contribution in [2.75, 3.05) is 7.05 Å². The lowest BCUT2D eigenvalue weighted by Gasteiger charge is -2.31. The van der Waals surface area contributed by atoms with Crippen molar-refractivity contribution in [1.29, 1.82) is 0 Å². The van der Waals surface area contributed by atoms with Crippen LogP contribution in [0.15, 0.2) is 48.5 Å². The highest BCUT2D eigenvalue weighted by Gasteiger charge is 2.56. The first kappa shape index (κ1) is 22.5. The molecule has 1 heterocycles. The quantitative estimate of drug-likeness (QED) is 0.603. The third-order valence-corrected chi connectivity index (χ3v) is 6.97. The lowest BCUT2D eigenvalue weighted by atomic mass is 9.75. The van der Waals surface area contributed by atoms with Crippen LogP contribution in [0.5, 0.6) is 0 Å². The molecule has 1 saturated carbocycles. The molecule has 2 aromatic rings. The highest BCUT2D eigenvalue weighted by molar-refractivity contribution is 6.32. The normalized spacial score (nSPS) is 21.4. The zero-order valence-corrected chi connectivity index (χ0v) is 18.8. The van der Waals surface area contributed by atoms with E-state index in [0.29, 0.717) is 10.6 Å². The van der Waals surface area contributed by atoms with Gasteiger partial charge < -0.3 is 4.90 Å². The molecule has 4 rings (SSSR count). The van der Waals surface area contributed by atoms with Crippen LogP contribution in [-0.2, 0) is 26.3 Å². The number of amides is 3. The highest BCUT2D eigenvalue weighted by atomic mass is 35.5. The second-order valence-electron chi connectivity index (χ2n) is 8.80. The summed E-state index contributed by atoms with van der Waals surface area (Å²) in [6, 6.07) is 12.8. The van der Waals surface area contributed by atoms with Gasteiger partial charge in [0.05, 0.1) is 5.41 Å². The Bertz CT molecular complexity index is 1040. The number of imide groups is 1. The maximum Gasteiger partial charge on any atom is 0.241 e. The van der Waals surface area contributed by atoms with Gasteiger partial charge in [-0.1, -0.05) is 54.8 Å². The molecule has 2 aromatic carbocycles. The zero-order valence-electron chi connectivity index (χ0n) is 18.0. The first-order valence-electron chi connectivity index (χ1n) is 10.9. The molecule has 0 unspecified atom stereocenters. The largest absolute Gasteiger partial charge is 0.341 e. The van der Waals surface area contributed by atoms with Crippen LogP contribution >= 0.6 is 11.6 Å². The van der Waals surface area contributed by atoms with Crippen molar-refractivity contribution in [1.82, 2.24) is 9.80 Å². The molecule has 32 heavy (non-hydrogen) atoms. The molecule has 2 fully saturated rings. The van der Waals surface area contributed by atoms with Gasteiger partial charge in [0.25, 0.3) is 0 Å². The summed E-state index contributed by atoms with van der Waals surface area (Å²) in [5, 5.41) is 0.371. The minimum Gasteiger partial charge on any atom is -0.341 e. The van der Waals surface area contributed by atoms with E-state index in [1.54, 1.807) is 43.4 Å². The maximum atomic E-state index is 13.8. The summed E-state index contributed by atoms with van der Waals surface area (Å²) in [6.45, 7) is 0.270. The topological polar surface area (TPSA) is 57.7 Å². The molecule has 3 amide bonds. The smallest absolute Gasteiger partial charge is 0.241 e. The monoisotopic (exact) mass is 456 g/mol. The van der Waals surface area contributed by atoms with Crippen molar-refractivity contribution < 1.29 is 18.8 Å². The van der Waals surface area contributed by atoms with Crippen molar-refractivity contribution in [3.8, 4) is 0 Å². The number of carbonyl (C=O) groups is 3. The molecular weight excluding hydrogens is 431 g/mol. The molecular formula is C25H26ClFN2O3. The van der Waals surface area contributed by atoms with E-state index in [4.69, 9.17) is 11.6 Å². The van der Waals surface area contributed by atoms with Crippen LogP contribution in [-0.4, -0.2) is 40.6 Å². The summed E-state index contributed by atoms with van der Waals surface area (Å²) >= 11 is 6.48. The lowest BCUT2D eigenvalue weighted by Crippen LogP contribution is -2.45. The third-order valence-electron chi connectivity index (χ3n) is 6.64. The number of hydrogen-bond donors (Lipinski definition) is 0. The van der Waals surface area contributed by atoms with Gasteiger partial charge in [-0.25, -0.2) is 4.39 Å². The summed E-state index contributed by atoms with van der Waals surface area (Å²) < 4.78 is 13.2. The van der Waals surface area contributed by atoms with Crippen LogP contribution in [0, 0.1) is 5.82 Å². The molecule has 0 N–H and O–H groups in total. The van der Waals surface area contributed by atoms with E-state index in [9.17, 15) is 18.8 Å². The van der Waals surface area contributed by atoms with Crippen molar-refractivity contribution in [2.24, 2.45) is 0 Å². The number of rotatable bonds is 6. The SMILES string of the molecule is CN(Cc1ccc(F)cc1)C(=O)C[C@]1(c2ccccc2Cl)CC(=O)N(C2CCCC2)C1=O. The van der Waals surface area contributed by atoms with Crippen LogP contribution in [0.2, 0.25) is 5.02 Å². The van der Waals surface area contributed by atoms with Gasteiger partial charge in [0.1, 0.15) is 5.82 Å². The van der Waals surface area contributed by atoms with Crippen LogP contribution < -0.4 is 0 Å². The fourth-order valence-electron chi connectivity index (χ4n) is 4.93. The number of carbonyl (C=O) groups excluding carboxylic acids is 3. The number of likely N-dealkylation sites (tertiary alicyclic amines) is 1. The molecule has 5 nitrogen and oxygen atoms in total. The number of hydrogen-bond acceptors (Lipinski definition) is 3. The van der Waals surface area contributed by atoms with Gasteiger partial charge in [0.2, 0.25) is 17.7 Å². The molecule has 1 atom stereocenters.